The highest BCUT2D eigenvalue weighted by Crippen LogP contribution is 2.28. The van der Waals surface area contributed by atoms with Crippen LogP contribution in [0.2, 0.25) is 0 Å². The number of hydrogen-bond acceptors (Lipinski definition) is 3. The first kappa shape index (κ1) is 21.3. The minimum absolute atomic E-state index is 0.00458. The topological polar surface area (TPSA) is 30.7 Å². The quantitative estimate of drug-likeness (QED) is 0.267. The minimum atomic E-state index is -0.981. The number of pyridine rings is 1. The summed E-state index contributed by atoms with van der Waals surface area (Å²) in [6.45, 7) is 0.296. The van der Waals surface area contributed by atoms with Crippen molar-refractivity contribution in [3.05, 3.63) is 102 Å². The predicted octanol–water partition coefficient (Wildman–Crippen LogP) is 6.90. The third-order valence-corrected chi connectivity index (χ3v) is 6.19. The molecule has 0 spiro atoms. The van der Waals surface area contributed by atoms with E-state index < -0.39 is 11.6 Å². The van der Waals surface area contributed by atoms with E-state index >= 15 is 0 Å². The van der Waals surface area contributed by atoms with Crippen molar-refractivity contribution in [1.82, 2.24) is 14.5 Å². The van der Waals surface area contributed by atoms with Gasteiger partial charge in [-0.05, 0) is 53.8 Å². The van der Waals surface area contributed by atoms with Crippen LogP contribution in [0.15, 0.2) is 84.0 Å². The molecule has 0 aromatic heterocycles. The lowest BCUT2D eigenvalue weighted by Crippen LogP contribution is -2.03. The van der Waals surface area contributed by atoms with Crippen molar-refractivity contribution in [2.24, 2.45) is 0 Å². The number of rotatable bonds is 5. The number of fused-ring (bicyclic) bond motifs is 1. The molecule has 0 amide bonds. The number of benzene rings is 3. The second-order valence-electron chi connectivity index (χ2n) is 7.57. The van der Waals surface area contributed by atoms with Gasteiger partial charge in [0.2, 0.25) is 0 Å². The summed E-state index contributed by atoms with van der Waals surface area (Å²) >= 11 is 1.66. The van der Waals surface area contributed by atoms with Gasteiger partial charge in [-0.25, -0.2) is 23.1 Å². The number of nitrogens with zero attached hydrogens (tertiary/aromatic N) is 3. The first-order valence-electron chi connectivity index (χ1n) is 10.2. The van der Waals surface area contributed by atoms with Gasteiger partial charge in [-0.3, -0.25) is 0 Å². The third kappa shape index (κ3) is 4.24. The number of aromatic nitrogens is 3. The minimum Gasteiger partial charge on any atom is -0.347 e. The molecule has 33 heavy (non-hydrogen) atoms. The highest BCUT2D eigenvalue weighted by Gasteiger charge is 2.17. The highest BCUT2D eigenvalue weighted by molar-refractivity contribution is 7.98. The molecule has 2 heterocycles. The van der Waals surface area contributed by atoms with Crippen molar-refractivity contribution >= 4 is 11.8 Å². The largest absolute Gasteiger partial charge is 0.347 e. The van der Waals surface area contributed by atoms with E-state index in [1.165, 1.54) is 18.2 Å². The van der Waals surface area contributed by atoms with Gasteiger partial charge in [-0.1, -0.05) is 30.3 Å². The second kappa shape index (κ2) is 8.75. The van der Waals surface area contributed by atoms with Crippen LogP contribution in [-0.4, -0.2) is 20.8 Å². The molecule has 3 nitrogen and oxygen atoms in total. The maximum Gasteiger partial charge on any atom is 0.169 e. The van der Waals surface area contributed by atoms with Crippen molar-refractivity contribution in [3.8, 4) is 33.9 Å². The molecule has 2 aliphatic heterocycles. The van der Waals surface area contributed by atoms with Crippen LogP contribution in [0.3, 0.4) is 0 Å². The fourth-order valence-electron chi connectivity index (χ4n) is 3.68. The van der Waals surface area contributed by atoms with Crippen LogP contribution in [-0.2, 0) is 6.54 Å². The fourth-order valence-corrected chi connectivity index (χ4v) is 4.09. The first-order chi connectivity index (χ1) is 16.0. The Labute approximate surface area is 193 Å². The van der Waals surface area contributed by atoms with Gasteiger partial charge >= 0.3 is 0 Å². The zero-order valence-corrected chi connectivity index (χ0v) is 18.4. The Morgan fingerprint density at radius 3 is 2.33 bits per heavy atom. The van der Waals surface area contributed by atoms with E-state index in [9.17, 15) is 13.2 Å². The molecule has 164 valence electrons. The lowest BCUT2D eigenvalue weighted by atomic mass is 10.0. The van der Waals surface area contributed by atoms with Crippen LogP contribution in [0, 0.1) is 17.5 Å². The summed E-state index contributed by atoms with van der Waals surface area (Å²) in [7, 11) is 0. The molecule has 0 aliphatic carbocycles. The van der Waals surface area contributed by atoms with Crippen LogP contribution in [0.4, 0.5) is 13.2 Å². The van der Waals surface area contributed by atoms with Crippen molar-refractivity contribution in [2.45, 2.75) is 11.4 Å². The zero-order chi connectivity index (χ0) is 22.9. The van der Waals surface area contributed by atoms with E-state index in [4.69, 9.17) is 0 Å². The maximum atomic E-state index is 14.9. The van der Waals surface area contributed by atoms with Crippen LogP contribution >= 0.6 is 11.8 Å². The SMILES string of the molecule is CSc1ccc(-c2ccc(Cn3ccc4nc(-c5cccc(F)c5F)nc-4c3)c(F)c2)cc1. The van der Waals surface area contributed by atoms with Gasteiger partial charge in [0.15, 0.2) is 17.5 Å². The Hall–Kier alpha value is -3.58. The molecule has 3 aromatic rings. The van der Waals surface area contributed by atoms with Crippen molar-refractivity contribution in [3.63, 3.8) is 0 Å². The molecule has 0 bridgehead atoms. The van der Waals surface area contributed by atoms with Crippen molar-refractivity contribution in [1.29, 1.82) is 0 Å². The third-order valence-electron chi connectivity index (χ3n) is 5.45. The van der Waals surface area contributed by atoms with Gasteiger partial charge in [0.25, 0.3) is 0 Å². The Kier molecular flexibility index (Phi) is 5.64. The Balaban J connectivity index is 1.41. The Morgan fingerprint density at radius 1 is 0.818 bits per heavy atom. The maximum absolute atomic E-state index is 14.9. The van der Waals surface area contributed by atoms with E-state index in [0.717, 1.165) is 22.1 Å². The Bertz CT molecular complexity index is 1410. The summed E-state index contributed by atoms with van der Waals surface area (Å²) in [5, 5.41) is 0. The molecule has 0 atom stereocenters. The number of imidazole rings is 1. The summed E-state index contributed by atoms with van der Waals surface area (Å²) in [6, 6.07) is 18.8. The predicted molar refractivity (Wildman–Crippen MR) is 125 cm³/mol. The Morgan fingerprint density at radius 2 is 1.58 bits per heavy atom. The lowest BCUT2D eigenvalue weighted by molar-refractivity contribution is 0.510. The zero-order valence-electron chi connectivity index (χ0n) is 17.6. The number of halogens is 3. The molecular weight excluding hydrogens is 443 g/mol. The van der Waals surface area contributed by atoms with Gasteiger partial charge in [0.1, 0.15) is 11.5 Å². The molecule has 3 aromatic carbocycles. The summed E-state index contributed by atoms with van der Waals surface area (Å²) < 4.78 is 44.3. The highest BCUT2D eigenvalue weighted by atomic mass is 32.2. The molecular formula is C26H18F3N3S. The van der Waals surface area contributed by atoms with E-state index in [2.05, 4.69) is 9.97 Å². The van der Waals surface area contributed by atoms with Gasteiger partial charge in [-0.15, -0.1) is 11.8 Å². The van der Waals surface area contributed by atoms with E-state index in [1.807, 2.05) is 36.6 Å². The van der Waals surface area contributed by atoms with Crippen molar-refractivity contribution in [2.75, 3.05) is 6.26 Å². The molecule has 0 saturated heterocycles. The molecule has 7 heteroatoms. The smallest absolute Gasteiger partial charge is 0.169 e. The van der Waals surface area contributed by atoms with Crippen LogP contribution in [0.1, 0.15) is 5.56 Å². The summed E-state index contributed by atoms with van der Waals surface area (Å²) in [5.41, 5.74) is 3.37. The van der Waals surface area contributed by atoms with E-state index in [0.29, 0.717) is 23.5 Å². The van der Waals surface area contributed by atoms with Gasteiger partial charge in [0, 0.05) is 29.4 Å². The first-order valence-corrected chi connectivity index (χ1v) is 11.4. The van der Waals surface area contributed by atoms with Crippen LogP contribution in [0.25, 0.3) is 33.9 Å². The number of thioether (sulfide) groups is 1. The average molecular weight is 462 g/mol. The standard InChI is InChI=1S/C26H18F3N3S/c1-33-19-9-7-16(8-10-19)17-5-6-18(22(28)13-17)14-32-12-11-23-24(15-32)31-26(30-23)20-3-2-4-21(27)25(20)29/h2-13,15H,14H2,1H3. The molecule has 0 N–H and O–H groups in total. The lowest BCUT2D eigenvalue weighted by Gasteiger charge is -2.11. The fraction of sp³-hybridized carbons (Fsp3) is 0.0769. The normalized spacial score (nSPS) is 11.3. The average Bonchev–Trinajstić information content (AvgIpc) is 3.25. The second-order valence-corrected chi connectivity index (χ2v) is 8.45. The molecule has 0 unspecified atom stereocenters. The van der Waals surface area contributed by atoms with Crippen LogP contribution in [0.5, 0.6) is 0 Å². The molecule has 0 fully saturated rings. The van der Waals surface area contributed by atoms with Gasteiger partial charge in [-0.2, -0.15) is 0 Å². The van der Waals surface area contributed by atoms with Gasteiger partial charge in [0.05, 0.1) is 11.3 Å². The monoisotopic (exact) mass is 461 g/mol. The van der Waals surface area contributed by atoms with Crippen LogP contribution < -0.4 is 0 Å². The summed E-state index contributed by atoms with van der Waals surface area (Å²) in [5.74, 6) is -2.12. The van der Waals surface area contributed by atoms with E-state index in [1.54, 1.807) is 40.9 Å². The molecule has 5 rings (SSSR count). The number of hydrogen-bond donors (Lipinski definition) is 0. The van der Waals surface area contributed by atoms with Crippen molar-refractivity contribution < 1.29 is 13.2 Å². The molecule has 0 saturated carbocycles. The molecule has 2 aliphatic rings. The van der Waals surface area contributed by atoms with Gasteiger partial charge < -0.3 is 4.57 Å². The van der Waals surface area contributed by atoms with E-state index in [-0.39, 0.29) is 17.2 Å². The summed E-state index contributed by atoms with van der Waals surface area (Å²) in [4.78, 5) is 9.80. The molecule has 0 radical (unpaired) electrons. The summed E-state index contributed by atoms with van der Waals surface area (Å²) in [6.07, 6.45) is 5.49.